The number of benzene rings is 2. The predicted octanol–water partition coefficient (Wildman–Crippen LogP) is 3.38. The minimum absolute atomic E-state index is 0.0355. The van der Waals surface area contributed by atoms with E-state index in [1.807, 2.05) is 0 Å². The first-order valence-corrected chi connectivity index (χ1v) is 10.8. The van der Waals surface area contributed by atoms with E-state index in [4.69, 9.17) is 25.8 Å². The van der Waals surface area contributed by atoms with Crippen molar-refractivity contribution in [2.24, 2.45) is 0 Å². The van der Waals surface area contributed by atoms with E-state index in [1.165, 1.54) is 24.5 Å². The molecule has 2 fully saturated rings. The smallest absolute Gasteiger partial charge is 0.407 e. The van der Waals surface area contributed by atoms with E-state index in [0.717, 1.165) is 0 Å². The van der Waals surface area contributed by atoms with Crippen LogP contribution in [-0.2, 0) is 14.3 Å². The number of rotatable bonds is 6. The van der Waals surface area contributed by atoms with Gasteiger partial charge in [0.15, 0.2) is 0 Å². The Morgan fingerprint density at radius 1 is 1.24 bits per heavy atom. The van der Waals surface area contributed by atoms with Crippen molar-refractivity contribution in [3.05, 3.63) is 47.5 Å². The lowest BCUT2D eigenvalue weighted by Gasteiger charge is -2.19. The van der Waals surface area contributed by atoms with E-state index in [-0.39, 0.29) is 17.7 Å². The van der Waals surface area contributed by atoms with Crippen LogP contribution in [0.5, 0.6) is 5.75 Å². The second-order valence-electron chi connectivity index (χ2n) is 7.73. The number of nitrogens with zero attached hydrogens (tertiary/aromatic N) is 2. The molecular formula is C22H19ClFN5O5. The zero-order valence-corrected chi connectivity index (χ0v) is 18.4. The van der Waals surface area contributed by atoms with Crippen LogP contribution in [0.1, 0.15) is 6.42 Å². The Balaban J connectivity index is 1.50. The molecule has 0 unspecified atom stereocenters. The first-order valence-electron chi connectivity index (χ1n) is 10.5. The zero-order valence-electron chi connectivity index (χ0n) is 17.6. The SMILES string of the molecule is O=C1N[C@H](C(=O)Nc2cc3c(Nc4ccc(F)c(Cl)c4)ncnc3cc2O[C@H]2CCOC2)CO1. The van der Waals surface area contributed by atoms with Crippen LogP contribution in [-0.4, -0.2) is 53.9 Å². The molecule has 5 rings (SSSR count). The third-order valence-corrected chi connectivity index (χ3v) is 5.64. The zero-order chi connectivity index (χ0) is 23.7. The van der Waals surface area contributed by atoms with Crippen LogP contribution in [0.3, 0.4) is 0 Å². The molecule has 2 saturated heterocycles. The molecule has 1 aromatic heterocycles. The van der Waals surface area contributed by atoms with Gasteiger partial charge in [-0.15, -0.1) is 0 Å². The van der Waals surface area contributed by atoms with Crippen LogP contribution in [0.25, 0.3) is 10.9 Å². The second kappa shape index (κ2) is 9.27. The number of nitrogens with one attached hydrogen (secondary N) is 3. The molecule has 2 aliphatic rings. The molecule has 10 nitrogen and oxygen atoms in total. The van der Waals surface area contributed by atoms with Crippen LogP contribution in [0, 0.1) is 5.82 Å². The first-order chi connectivity index (χ1) is 16.5. The maximum absolute atomic E-state index is 13.5. The van der Waals surface area contributed by atoms with Gasteiger partial charge in [0.2, 0.25) is 0 Å². The van der Waals surface area contributed by atoms with Crippen LogP contribution >= 0.6 is 11.6 Å². The maximum atomic E-state index is 13.5. The summed E-state index contributed by atoms with van der Waals surface area (Å²) in [4.78, 5) is 32.7. The summed E-state index contributed by atoms with van der Waals surface area (Å²) in [5.74, 6) is -0.188. The molecule has 34 heavy (non-hydrogen) atoms. The highest BCUT2D eigenvalue weighted by Crippen LogP contribution is 2.35. The van der Waals surface area contributed by atoms with Crippen LogP contribution in [0.4, 0.5) is 26.4 Å². The summed E-state index contributed by atoms with van der Waals surface area (Å²) >= 11 is 5.89. The number of fused-ring (bicyclic) bond motifs is 1. The number of hydrogen-bond acceptors (Lipinski definition) is 8. The van der Waals surface area contributed by atoms with E-state index < -0.39 is 23.9 Å². The lowest BCUT2D eigenvalue weighted by atomic mass is 10.1. The van der Waals surface area contributed by atoms with Crippen molar-refractivity contribution in [3.63, 3.8) is 0 Å². The number of carbonyl (C=O) groups is 2. The van der Waals surface area contributed by atoms with Crippen LogP contribution in [0.2, 0.25) is 5.02 Å². The van der Waals surface area contributed by atoms with Gasteiger partial charge in [-0.2, -0.15) is 0 Å². The van der Waals surface area contributed by atoms with Crippen LogP contribution < -0.4 is 20.7 Å². The molecule has 0 saturated carbocycles. The van der Waals surface area contributed by atoms with Gasteiger partial charge in [0.25, 0.3) is 5.91 Å². The molecule has 2 aliphatic heterocycles. The molecule has 0 aliphatic carbocycles. The standard InChI is InChI=1S/C22H19ClFN5O5/c23-14-5-11(1-2-15(14)24)27-20-13-6-17(28-21(30)18-9-33-22(31)29-18)19(7-16(13)25-10-26-20)34-12-3-4-32-8-12/h1-2,5-7,10,12,18H,3-4,8-9H2,(H,28,30)(H,29,31)(H,25,26,27)/t12-,18-/m0/s1. The summed E-state index contributed by atoms with van der Waals surface area (Å²) in [6.07, 6.45) is 1.25. The quantitative estimate of drug-likeness (QED) is 0.483. The van der Waals surface area contributed by atoms with Crippen molar-refractivity contribution in [1.82, 2.24) is 15.3 Å². The topological polar surface area (TPSA) is 124 Å². The molecule has 0 spiro atoms. The van der Waals surface area contributed by atoms with Gasteiger partial charge in [-0.05, 0) is 24.3 Å². The Bertz CT molecular complexity index is 1270. The van der Waals surface area contributed by atoms with Gasteiger partial charge in [0.1, 0.15) is 42.5 Å². The maximum Gasteiger partial charge on any atom is 0.407 e. The van der Waals surface area contributed by atoms with E-state index >= 15 is 0 Å². The van der Waals surface area contributed by atoms with Crippen LogP contribution in [0.15, 0.2) is 36.7 Å². The van der Waals surface area contributed by atoms with Crippen molar-refractivity contribution >= 4 is 51.7 Å². The van der Waals surface area contributed by atoms with Crippen molar-refractivity contribution in [2.75, 3.05) is 30.5 Å². The lowest BCUT2D eigenvalue weighted by molar-refractivity contribution is -0.117. The molecule has 2 aromatic carbocycles. The first kappa shape index (κ1) is 22.1. The molecule has 0 bridgehead atoms. The number of alkyl carbamates (subject to hydrolysis) is 1. The predicted molar refractivity (Wildman–Crippen MR) is 121 cm³/mol. The fourth-order valence-corrected chi connectivity index (χ4v) is 3.80. The van der Waals surface area contributed by atoms with E-state index in [0.29, 0.717) is 53.5 Å². The van der Waals surface area contributed by atoms with Gasteiger partial charge >= 0.3 is 6.09 Å². The monoisotopic (exact) mass is 487 g/mol. The number of halogens is 2. The Hall–Kier alpha value is -3.70. The van der Waals surface area contributed by atoms with Crippen molar-refractivity contribution < 1.29 is 28.2 Å². The summed E-state index contributed by atoms with van der Waals surface area (Å²) in [5, 5.41) is 8.87. The molecule has 0 radical (unpaired) electrons. The summed E-state index contributed by atoms with van der Waals surface area (Å²) in [6.45, 7) is 0.938. The number of cyclic esters (lactones) is 1. The Kier molecular flexibility index (Phi) is 6.03. The molecule has 2 amide bonds. The molecule has 12 heteroatoms. The van der Waals surface area contributed by atoms with Gasteiger partial charge in [-0.3, -0.25) is 4.79 Å². The fraction of sp³-hybridized carbons (Fsp3) is 0.273. The molecule has 3 N–H and O–H groups in total. The molecular weight excluding hydrogens is 469 g/mol. The minimum atomic E-state index is -0.836. The second-order valence-corrected chi connectivity index (χ2v) is 8.14. The van der Waals surface area contributed by atoms with Gasteiger partial charge in [-0.1, -0.05) is 11.6 Å². The average Bonchev–Trinajstić information content (AvgIpc) is 3.49. The van der Waals surface area contributed by atoms with E-state index in [9.17, 15) is 14.0 Å². The highest BCUT2D eigenvalue weighted by molar-refractivity contribution is 6.31. The average molecular weight is 488 g/mol. The fourth-order valence-electron chi connectivity index (χ4n) is 3.62. The minimum Gasteiger partial charge on any atom is -0.486 e. The van der Waals surface area contributed by atoms with E-state index in [2.05, 4.69) is 25.9 Å². The Labute approximate surface area is 197 Å². The van der Waals surface area contributed by atoms with Gasteiger partial charge in [-0.25, -0.2) is 19.2 Å². The summed E-state index contributed by atoms with van der Waals surface area (Å²) < 4.78 is 29.8. The Morgan fingerprint density at radius 2 is 2.12 bits per heavy atom. The number of hydrogen-bond donors (Lipinski definition) is 3. The van der Waals surface area contributed by atoms with Gasteiger partial charge < -0.3 is 30.2 Å². The number of carbonyl (C=O) groups excluding carboxylic acids is 2. The van der Waals surface area contributed by atoms with Crippen molar-refractivity contribution in [1.29, 1.82) is 0 Å². The highest BCUT2D eigenvalue weighted by Gasteiger charge is 2.30. The highest BCUT2D eigenvalue weighted by atomic mass is 35.5. The normalized spacial score (nSPS) is 19.5. The number of aromatic nitrogens is 2. The lowest BCUT2D eigenvalue weighted by Crippen LogP contribution is -2.38. The van der Waals surface area contributed by atoms with Crippen molar-refractivity contribution in [2.45, 2.75) is 18.6 Å². The molecule has 3 heterocycles. The number of amides is 2. The third kappa shape index (κ3) is 4.66. The van der Waals surface area contributed by atoms with Crippen molar-refractivity contribution in [3.8, 4) is 5.75 Å². The molecule has 2 atom stereocenters. The Morgan fingerprint density at radius 3 is 2.85 bits per heavy atom. The van der Waals surface area contributed by atoms with Gasteiger partial charge in [0.05, 0.1) is 29.4 Å². The molecule has 3 aromatic rings. The molecule has 176 valence electrons. The summed E-state index contributed by atoms with van der Waals surface area (Å²) in [6, 6.07) is 6.73. The largest absolute Gasteiger partial charge is 0.486 e. The van der Waals surface area contributed by atoms with Gasteiger partial charge in [0, 0.05) is 23.6 Å². The summed E-state index contributed by atoms with van der Waals surface area (Å²) in [5.41, 5.74) is 1.43. The number of ether oxygens (including phenoxy) is 3. The number of anilines is 3. The third-order valence-electron chi connectivity index (χ3n) is 5.35. The van der Waals surface area contributed by atoms with E-state index in [1.54, 1.807) is 12.1 Å². The summed E-state index contributed by atoms with van der Waals surface area (Å²) in [7, 11) is 0.